The number of imide groups is 1. The summed E-state index contributed by atoms with van der Waals surface area (Å²) in [4.78, 5) is 49.0. The van der Waals surface area contributed by atoms with Gasteiger partial charge in [-0.15, -0.1) is 0 Å². The number of urea groups is 1. The predicted octanol–water partition coefficient (Wildman–Crippen LogP) is 3.48. The minimum absolute atomic E-state index is 0.0227. The minimum Gasteiger partial charge on any atom is -0.478 e. The molecule has 3 N–H and O–H groups in total. The summed E-state index contributed by atoms with van der Waals surface area (Å²) in [6, 6.07) is 15.9. The molecule has 0 atom stereocenters. The van der Waals surface area contributed by atoms with Crippen molar-refractivity contribution in [1.82, 2.24) is 10.2 Å². The molecule has 1 aliphatic heterocycles. The van der Waals surface area contributed by atoms with E-state index in [0.717, 1.165) is 10.5 Å². The lowest BCUT2D eigenvalue weighted by atomic mass is 10.1. The lowest BCUT2D eigenvalue weighted by molar-refractivity contribution is -0.127. The Morgan fingerprint density at radius 1 is 1.09 bits per heavy atom. The lowest BCUT2D eigenvalue weighted by Crippen LogP contribution is -2.38. The maximum Gasteiger partial charge on any atom is 0.335 e. The Labute approximate surface area is 188 Å². The Kier molecular flexibility index (Phi) is 5.77. The molecular formula is C24H19N3O6. The molecule has 0 spiro atoms. The molecule has 0 unspecified atom stereocenters. The molecular weight excluding hydrogens is 426 g/mol. The van der Waals surface area contributed by atoms with Gasteiger partial charge in [-0.2, -0.15) is 0 Å². The molecule has 33 heavy (non-hydrogen) atoms. The summed E-state index contributed by atoms with van der Waals surface area (Å²) < 4.78 is 5.70. The number of nitrogens with one attached hydrogen (secondary N) is 2. The Balaban J connectivity index is 1.44. The number of hydrogen-bond donors (Lipinski definition) is 3. The summed E-state index contributed by atoms with van der Waals surface area (Å²) in [5, 5.41) is 14.1. The summed E-state index contributed by atoms with van der Waals surface area (Å²) in [5.74, 6) is -1.41. The van der Waals surface area contributed by atoms with Crippen LogP contribution in [0.15, 0.2) is 70.8 Å². The van der Waals surface area contributed by atoms with Gasteiger partial charge in [0.2, 0.25) is 5.91 Å². The number of furan rings is 1. The lowest BCUT2D eigenvalue weighted by Gasteiger charge is -2.12. The monoisotopic (exact) mass is 445 g/mol. The van der Waals surface area contributed by atoms with Gasteiger partial charge in [0.1, 0.15) is 23.8 Å². The molecule has 3 aromatic rings. The smallest absolute Gasteiger partial charge is 0.335 e. The number of carbonyl (C=O) groups excluding carboxylic acids is 3. The second-order valence-electron chi connectivity index (χ2n) is 7.38. The predicted molar refractivity (Wildman–Crippen MR) is 119 cm³/mol. The first-order valence-electron chi connectivity index (χ1n) is 9.95. The number of nitrogens with zero attached hydrogens (tertiary/aromatic N) is 1. The van der Waals surface area contributed by atoms with E-state index in [9.17, 15) is 19.2 Å². The van der Waals surface area contributed by atoms with E-state index in [1.165, 1.54) is 18.2 Å². The van der Waals surface area contributed by atoms with Crippen LogP contribution in [0.1, 0.15) is 21.7 Å². The van der Waals surface area contributed by atoms with E-state index in [1.807, 2.05) is 13.0 Å². The third kappa shape index (κ3) is 4.82. The quantitative estimate of drug-likeness (QED) is 0.394. The molecule has 166 valence electrons. The SMILES string of the molecule is Cc1cccc(NC(=O)CN2C(=O)N/C(=C/c3ccc(-c4ccc(C(=O)O)cc4)o3)C2=O)c1. The van der Waals surface area contributed by atoms with Crippen LogP contribution in [0, 0.1) is 6.92 Å². The normalized spacial score (nSPS) is 14.5. The molecule has 1 aliphatic rings. The van der Waals surface area contributed by atoms with E-state index in [1.54, 1.807) is 42.5 Å². The molecule has 0 saturated carbocycles. The Morgan fingerprint density at radius 2 is 1.85 bits per heavy atom. The summed E-state index contributed by atoms with van der Waals surface area (Å²) in [6.07, 6.45) is 1.37. The molecule has 4 rings (SSSR count). The fraction of sp³-hybridized carbons (Fsp3) is 0.0833. The second kappa shape index (κ2) is 8.83. The van der Waals surface area contributed by atoms with Crippen molar-refractivity contribution in [3.63, 3.8) is 0 Å². The number of carbonyl (C=O) groups is 4. The average Bonchev–Trinajstić information content (AvgIpc) is 3.34. The summed E-state index contributed by atoms with van der Waals surface area (Å²) in [6.45, 7) is 1.45. The van der Waals surface area contributed by atoms with Crippen LogP contribution < -0.4 is 10.6 Å². The highest BCUT2D eigenvalue weighted by atomic mass is 16.4. The van der Waals surface area contributed by atoms with Crippen LogP contribution in [0.2, 0.25) is 0 Å². The molecule has 4 amide bonds. The second-order valence-corrected chi connectivity index (χ2v) is 7.38. The third-order valence-electron chi connectivity index (χ3n) is 4.90. The van der Waals surface area contributed by atoms with Crippen molar-refractivity contribution in [2.75, 3.05) is 11.9 Å². The zero-order valence-corrected chi connectivity index (χ0v) is 17.5. The van der Waals surface area contributed by atoms with E-state index >= 15 is 0 Å². The highest BCUT2D eigenvalue weighted by molar-refractivity contribution is 6.15. The van der Waals surface area contributed by atoms with Gasteiger partial charge >= 0.3 is 12.0 Å². The van der Waals surface area contributed by atoms with Gasteiger partial charge in [0.25, 0.3) is 5.91 Å². The van der Waals surface area contributed by atoms with Gasteiger partial charge in [-0.05, 0) is 48.9 Å². The number of hydrogen-bond acceptors (Lipinski definition) is 5. The van der Waals surface area contributed by atoms with E-state index in [0.29, 0.717) is 22.8 Å². The number of carboxylic acids is 1. The van der Waals surface area contributed by atoms with Crippen LogP contribution in [0.5, 0.6) is 0 Å². The molecule has 9 nitrogen and oxygen atoms in total. The first-order chi connectivity index (χ1) is 15.8. The molecule has 1 aromatic heterocycles. The average molecular weight is 445 g/mol. The Morgan fingerprint density at radius 3 is 2.55 bits per heavy atom. The van der Waals surface area contributed by atoms with Crippen molar-refractivity contribution in [1.29, 1.82) is 0 Å². The minimum atomic E-state index is -1.03. The van der Waals surface area contributed by atoms with Gasteiger partial charge in [0, 0.05) is 17.3 Å². The van der Waals surface area contributed by atoms with Gasteiger partial charge in [-0.25, -0.2) is 14.5 Å². The molecule has 9 heteroatoms. The van der Waals surface area contributed by atoms with Crippen LogP contribution in [0.25, 0.3) is 17.4 Å². The van der Waals surface area contributed by atoms with Crippen LogP contribution in [-0.2, 0) is 9.59 Å². The number of rotatable bonds is 6. The summed E-state index contributed by atoms with van der Waals surface area (Å²) >= 11 is 0. The standard InChI is InChI=1S/C24H19N3O6/c1-14-3-2-4-17(11-14)25-21(28)13-27-22(29)19(26-24(27)32)12-18-9-10-20(33-18)15-5-7-16(8-6-15)23(30)31/h2-12H,13H2,1H3,(H,25,28)(H,26,32)(H,30,31)/b19-12+. The Bertz CT molecular complexity index is 1290. The highest BCUT2D eigenvalue weighted by Gasteiger charge is 2.35. The van der Waals surface area contributed by atoms with Crippen molar-refractivity contribution in [2.45, 2.75) is 6.92 Å². The summed E-state index contributed by atoms with van der Waals surface area (Å²) in [5.41, 5.74) is 2.32. The largest absolute Gasteiger partial charge is 0.478 e. The molecule has 2 aromatic carbocycles. The number of anilines is 1. The zero-order chi connectivity index (χ0) is 23.5. The highest BCUT2D eigenvalue weighted by Crippen LogP contribution is 2.24. The molecule has 1 saturated heterocycles. The van der Waals surface area contributed by atoms with E-state index < -0.39 is 30.4 Å². The van der Waals surface area contributed by atoms with Gasteiger partial charge in [-0.1, -0.05) is 24.3 Å². The zero-order valence-electron chi connectivity index (χ0n) is 17.5. The number of aryl methyl sites for hydroxylation is 1. The molecule has 0 radical (unpaired) electrons. The maximum absolute atomic E-state index is 12.6. The number of aromatic carboxylic acids is 1. The molecule has 0 aliphatic carbocycles. The van der Waals surface area contributed by atoms with Gasteiger partial charge in [-0.3, -0.25) is 9.59 Å². The van der Waals surface area contributed by atoms with Crippen molar-refractivity contribution in [3.8, 4) is 11.3 Å². The van der Waals surface area contributed by atoms with Crippen molar-refractivity contribution < 1.29 is 28.7 Å². The van der Waals surface area contributed by atoms with E-state index in [4.69, 9.17) is 9.52 Å². The maximum atomic E-state index is 12.6. The molecule has 1 fully saturated rings. The fourth-order valence-electron chi connectivity index (χ4n) is 3.29. The van der Waals surface area contributed by atoms with Gasteiger partial charge in [0.15, 0.2) is 0 Å². The van der Waals surface area contributed by atoms with Crippen LogP contribution in [0.3, 0.4) is 0 Å². The van der Waals surface area contributed by atoms with E-state index in [-0.39, 0.29) is 11.3 Å². The number of amides is 4. The fourth-order valence-corrected chi connectivity index (χ4v) is 3.29. The van der Waals surface area contributed by atoms with Crippen molar-refractivity contribution in [2.24, 2.45) is 0 Å². The van der Waals surface area contributed by atoms with Crippen molar-refractivity contribution >= 4 is 35.6 Å². The van der Waals surface area contributed by atoms with Crippen LogP contribution >= 0.6 is 0 Å². The summed E-state index contributed by atoms with van der Waals surface area (Å²) in [7, 11) is 0. The van der Waals surface area contributed by atoms with Gasteiger partial charge < -0.3 is 20.2 Å². The Hall–Kier alpha value is -4.66. The number of benzene rings is 2. The first-order valence-corrected chi connectivity index (χ1v) is 9.95. The topological polar surface area (TPSA) is 129 Å². The molecule has 2 heterocycles. The van der Waals surface area contributed by atoms with Crippen LogP contribution in [-0.4, -0.2) is 40.4 Å². The first kappa shape index (κ1) is 21.6. The van der Waals surface area contributed by atoms with Gasteiger partial charge in [0.05, 0.1) is 5.56 Å². The third-order valence-corrected chi connectivity index (χ3v) is 4.90. The molecule has 0 bridgehead atoms. The van der Waals surface area contributed by atoms with Crippen LogP contribution in [0.4, 0.5) is 10.5 Å². The van der Waals surface area contributed by atoms with Crippen molar-refractivity contribution in [3.05, 3.63) is 83.2 Å². The van der Waals surface area contributed by atoms with E-state index in [2.05, 4.69) is 10.6 Å². The number of carboxylic acid groups (broad SMARTS) is 1.